The summed E-state index contributed by atoms with van der Waals surface area (Å²) in [6.45, 7) is 1.84. The number of fused-ring (bicyclic) bond motifs is 1. The third-order valence-electron chi connectivity index (χ3n) is 7.37. The first-order chi connectivity index (χ1) is 20.5. The van der Waals surface area contributed by atoms with Crippen LogP contribution in [0.15, 0.2) is 132 Å². The molecule has 2 amide bonds. The lowest BCUT2D eigenvalue weighted by Gasteiger charge is -2.37. The number of rotatable bonds is 7. The molecule has 2 heterocycles. The first-order valence-electron chi connectivity index (χ1n) is 13.5. The molecule has 1 unspecified atom stereocenters. The van der Waals surface area contributed by atoms with Gasteiger partial charge in [0.2, 0.25) is 0 Å². The zero-order valence-corrected chi connectivity index (χ0v) is 24.3. The second-order valence-corrected chi connectivity index (χ2v) is 10.7. The van der Waals surface area contributed by atoms with Crippen LogP contribution < -0.4 is 10.6 Å². The van der Waals surface area contributed by atoms with Crippen LogP contribution in [0.25, 0.3) is 10.9 Å². The molecule has 0 bridgehead atoms. The Morgan fingerprint density at radius 3 is 1.88 bits per heavy atom. The minimum Gasteiger partial charge on any atom is -0.331 e. The number of amides is 2. The molecule has 0 aliphatic carbocycles. The number of urea groups is 1. The van der Waals surface area contributed by atoms with Crippen molar-refractivity contribution in [2.45, 2.75) is 18.5 Å². The highest BCUT2D eigenvalue weighted by atomic mass is 79.9. The van der Waals surface area contributed by atoms with Gasteiger partial charge in [0.1, 0.15) is 21.8 Å². The number of pyridine rings is 1. The topological polar surface area (TPSA) is 71.8 Å². The second-order valence-electron chi connectivity index (χ2n) is 9.97. The van der Waals surface area contributed by atoms with Crippen LogP contribution in [0.4, 0.5) is 15.0 Å². The minimum atomic E-state index is -0.841. The van der Waals surface area contributed by atoms with Gasteiger partial charge in [-0.05, 0) is 57.2 Å². The lowest BCUT2D eigenvalue weighted by molar-refractivity contribution is 0.249. The summed E-state index contributed by atoms with van der Waals surface area (Å²) in [4.78, 5) is 17.5. The maximum absolute atomic E-state index is 13.4. The molecule has 0 saturated heterocycles. The van der Waals surface area contributed by atoms with E-state index in [0.717, 1.165) is 33.2 Å². The molecule has 0 aliphatic heterocycles. The van der Waals surface area contributed by atoms with Gasteiger partial charge in [0, 0.05) is 12.3 Å². The number of aromatic nitrogens is 3. The first-order valence-corrected chi connectivity index (χ1v) is 14.3. The second kappa shape index (κ2) is 11.6. The van der Waals surface area contributed by atoms with Crippen molar-refractivity contribution in [2.75, 3.05) is 5.32 Å². The van der Waals surface area contributed by atoms with Crippen LogP contribution in [0.5, 0.6) is 0 Å². The lowest BCUT2D eigenvalue weighted by Crippen LogP contribution is -2.38. The SMILES string of the molecule is CC(NC(=O)Nc1cc2c(cn1)c(Br)nn2C(c1ccccc1)(c1ccccc1)c1ccccc1)c1ccc(F)cc1. The number of hydrogen-bond donors (Lipinski definition) is 2. The quantitative estimate of drug-likeness (QED) is 0.178. The molecule has 6 aromatic rings. The number of nitrogens with one attached hydrogen (secondary N) is 2. The molecule has 42 heavy (non-hydrogen) atoms. The Kier molecular flexibility index (Phi) is 7.54. The molecule has 4 aromatic carbocycles. The lowest BCUT2D eigenvalue weighted by atomic mass is 9.77. The van der Waals surface area contributed by atoms with Crippen molar-refractivity contribution in [3.8, 4) is 0 Å². The number of anilines is 1. The molecule has 0 aliphatic rings. The van der Waals surface area contributed by atoms with Crippen LogP contribution in [0.2, 0.25) is 0 Å². The van der Waals surface area contributed by atoms with E-state index in [1.807, 2.05) is 72.3 Å². The van der Waals surface area contributed by atoms with E-state index >= 15 is 0 Å². The molecular formula is C34H27BrFN5O. The zero-order chi connectivity index (χ0) is 29.1. The van der Waals surface area contributed by atoms with E-state index in [1.54, 1.807) is 18.3 Å². The highest BCUT2D eigenvalue weighted by Gasteiger charge is 2.40. The Morgan fingerprint density at radius 2 is 1.36 bits per heavy atom. The van der Waals surface area contributed by atoms with Gasteiger partial charge < -0.3 is 5.32 Å². The zero-order valence-electron chi connectivity index (χ0n) is 22.7. The predicted molar refractivity (Wildman–Crippen MR) is 167 cm³/mol. The third-order valence-corrected chi connectivity index (χ3v) is 7.96. The molecule has 6 rings (SSSR count). The van der Waals surface area contributed by atoms with Crippen molar-refractivity contribution >= 4 is 38.7 Å². The summed E-state index contributed by atoms with van der Waals surface area (Å²) in [5.74, 6) is 0.0382. The van der Waals surface area contributed by atoms with Crippen molar-refractivity contribution in [1.29, 1.82) is 0 Å². The largest absolute Gasteiger partial charge is 0.331 e. The van der Waals surface area contributed by atoms with E-state index in [9.17, 15) is 9.18 Å². The standard InChI is InChI=1S/C34H27BrFN5O/c1-23(24-17-19-28(36)20-18-24)38-33(42)39-31-21-30-29(22-37-31)32(35)40-41(30)34(25-11-5-2-6-12-25,26-13-7-3-8-14-26)27-15-9-4-10-16-27/h2-23H,1H3,(H2,37,38,39,42). The summed E-state index contributed by atoms with van der Waals surface area (Å²) in [6, 6.07) is 37.9. The average molecular weight is 621 g/mol. The smallest absolute Gasteiger partial charge is 0.320 e. The van der Waals surface area contributed by atoms with Crippen molar-refractivity contribution in [3.05, 3.63) is 160 Å². The van der Waals surface area contributed by atoms with Crippen molar-refractivity contribution in [3.63, 3.8) is 0 Å². The fraction of sp³-hybridized carbons (Fsp3) is 0.0882. The molecule has 8 heteroatoms. The summed E-state index contributed by atoms with van der Waals surface area (Å²) in [5.41, 5.74) is 3.79. The van der Waals surface area contributed by atoms with Crippen LogP contribution in [-0.4, -0.2) is 20.8 Å². The highest BCUT2D eigenvalue weighted by molar-refractivity contribution is 9.10. The Bertz CT molecular complexity index is 1730. The molecule has 2 N–H and O–H groups in total. The van der Waals surface area contributed by atoms with E-state index in [0.29, 0.717) is 10.4 Å². The summed E-state index contributed by atoms with van der Waals surface area (Å²) in [5, 5.41) is 11.6. The van der Waals surface area contributed by atoms with Gasteiger partial charge in [-0.25, -0.2) is 18.9 Å². The van der Waals surface area contributed by atoms with Gasteiger partial charge in [-0.3, -0.25) is 5.32 Å². The number of halogens is 2. The normalized spacial score (nSPS) is 12.2. The molecule has 0 saturated carbocycles. The monoisotopic (exact) mass is 619 g/mol. The molecule has 0 fully saturated rings. The molecule has 1 atom stereocenters. The average Bonchev–Trinajstić information content (AvgIpc) is 3.35. The van der Waals surface area contributed by atoms with Gasteiger partial charge in [0.25, 0.3) is 0 Å². The molecule has 6 nitrogen and oxygen atoms in total. The number of nitrogens with zero attached hydrogens (tertiary/aromatic N) is 3. The summed E-state index contributed by atoms with van der Waals surface area (Å²) in [7, 11) is 0. The molecule has 2 aromatic heterocycles. The van der Waals surface area contributed by atoms with Crippen LogP contribution in [0.1, 0.15) is 35.2 Å². The maximum atomic E-state index is 13.4. The van der Waals surface area contributed by atoms with E-state index in [4.69, 9.17) is 5.10 Å². The number of carbonyl (C=O) groups excluding carboxylic acids is 1. The van der Waals surface area contributed by atoms with Crippen LogP contribution >= 0.6 is 15.9 Å². The maximum Gasteiger partial charge on any atom is 0.320 e. The van der Waals surface area contributed by atoms with E-state index in [1.165, 1.54) is 12.1 Å². The molecule has 0 spiro atoms. The van der Waals surface area contributed by atoms with Crippen LogP contribution in [-0.2, 0) is 5.54 Å². The minimum absolute atomic E-state index is 0.326. The molecular weight excluding hydrogens is 593 g/mol. The van der Waals surface area contributed by atoms with E-state index < -0.39 is 11.6 Å². The van der Waals surface area contributed by atoms with E-state index in [-0.39, 0.29) is 11.9 Å². The van der Waals surface area contributed by atoms with Gasteiger partial charge in [0.15, 0.2) is 0 Å². The Labute approximate surface area is 251 Å². The van der Waals surface area contributed by atoms with Gasteiger partial charge in [-0.15, -0.1) is 0 Å². The first kappa shape index (κ1) is 27.4. The number of benzene rings is 4. The Morgan fingerprint density at radius 1 is 0.833 bits per heavy atom. The molecule has 0 radical (unpaired) electrons. The molecule has 208 valence electrons. The van der Waals surface area contributed by atoms with Crippen LogP contribution in [0, 0.1) is 5.82 Å². The van der Waals surface area contributed by atoms with Gasteiger partial charge in [-0.2, -0.15) is 5.10 Å². The summed E-state index contributed by atoms with van der Waals surface area (Å²) >= 11 is 3.67. The highest BCUT2D eigenvalue weighted by Crippen LogP contribution is 2.43. The Balaban J connectivity index is 1.47. The fourth-order valence-electron chi connectivity index (χ4n) is 5.39. The fourth-order valence-corrected chi connectivity index (χ4v) is 5.85. The number of hydrogen-bond acceptors (Lipinski definition) is 3. The summed E-state index contributed by atoms with van der Waals surface area (Å²) in [6.07, 6.45) is 1.70. The van der Waals surface area contributed by atoms with Crippen molar-refractivity contribution in [1.82, 2.24) is 20.1 Å². The summed E-state index contributed by atoms with van der Waals surface area (Å²) < 4.78 is 16.0. The Hall–Kier alpha value is -4.82. The van der Waals surface area contributed by atoms with Gasteiger partial charge in [0.05, 0.1) is 16.9 Å². The van der Waals surface area contributed by atoms with Crippen molar-refractivity contribution < 1.29 is 9.18 Å². The van der Waals surface area contributed by atoms with Crippen LogP contribution in [0.3, 0.4) is 0 Å². The van der Waals surface area contributed by atoms with Crippen molar-refractivity contribution in [2.24, 2.45) is 0 Å². The van der Waals surface area contributed by atoms with E-state index in [2.05, 4.69) is 67.9 Å². The third kappa shape index (κ3) is 5.05. The van der Waals surface area contributed by atoms with Gasteiger partial charge in [-0.1, -0.05) is 103 Å². The van der Waals surface area contributed by atoms with Gasteiger partial charge >= 0.3 is 6.03 Å². The predicted octanol–water partition coefficient (Wildman–Crippen LogP) is 8.06. The number of carbonyl (C=O) groups is 1.